The van der Waals surface area contributed by atoms with Crippen LogP contribution in [0.4, 0.5) is 30.7 Å². The van der Waals surface area contributed by atoms with Crippen molar-refractivity contribution in [1.29, 1.82) is 0 Å². The number of carbonyl (C=O) groups excluding carboxylic acids is 1. The van der Waals surface area contributed by atoms with Gasteiger partial charge in [-0.3, -0.25) is 4.79 Å². The highest BCUT2D eigenvalue weighted by molar-refractivity contribution is 5.97. The predicted octanol–water partition coefficient (Wildman–Crippen LogP) is 7.79. The van der Waals surface area contributed by atoms with Crippen LogP contribution in [-0.2, 0) is 21.9 Å². The number of carbonyl (C=O) groups is 1. The van der Waals surface area contributed by atoms with Crippen molar-refractivity contribution in [2.75, 3.05) is 6.54 Å². The van der Waals surface area contributed by atoms with Gasteiger partial charge in [-0.15, -0.1) is 0 Å². The van der Waals surface area contributed by atoms with Gasteiger partial charge in [-0.25, -0.2) is 4.39 Å². The van der Waals surface area contributed by atoms with Gasteiger partial charge in [0.15, 0.2) is 0 Å². The first-order chi connectivity index (χ1) is 18.8. The van der Waals surface area contributed by atoms with Crippen LogP contribution in [0.5, 0.6) is 0 Å². The summed E-state index contributed by atoms with van der Waals surface area (Å²) in [6.07, 6.45) is -9.97. The Morgan fingerprint density at radius 1 is 0.875 bits per heavy atom. The van der Waals surface area contributed by atoms with E-state index in [1.807, 2.05) is 30.3 Å². The fourth-order valence-corrected chi connectivity index (χ4v) is 5.55. The molecule has 2 aliphatic rings. The molecule has 5 rings (SSSR count). The number of benzene rings is 3. The lowest BCUT2D eigenvalue weighted by Crippen LogP contribution is -2.39. The zero-order chi connectivity index (χ0) is 28.8. The maximum absolute atomic E-state index is 13.8. The van der Waals surface area contributed by atoms with Crippen LogP contribution in [0.1, 0.15) is 53.2 Å². The average molecular weight is 564 g/mol. The number of hydrogen-bond donors (Lipinski definition) is 0. The van der Waals surface area contributed by atoms with Gasteiger partial charge in [-0.05, 0) is 65.9 Å². The molecule has 3 aromatic rings. The molecule has 0 spiro atoms. The van der Waals surface area contributed by atoms with Gasteiger partial charge in [0.1, 0.15) is 5.82 Å². The Hall–Kier alpha value is -3.66. The Morgan fingerprint density at radius 3 is 2.05 bits per heavy atom. The Labute approximate surface area is 225 Å². The van der Waals surface area contributed by atoms with Crippen LogP contribution in [0.3, 0.4) is 0 Å². The van der Waals surface area contributed by atoms with E-state index in [-0.39, 0.29) is 24.1 Å². The summed E-state index contributed by atoms with van der Waals surface area (Å²) < 4.78 is 101. The van der Waals surface area contributed by atoms with Crippen molar-refractivity contribution in [1.82, 2.24) is 4.90 Å². The number of rotatable bonds is 5. The second kappa shape index (κ2) is 10.4. The summed E-state index contributed by atoms with van der Waals surface area (Å²) in [5.74, 6) is -1.26. The van der Waals surface area contributed by atoms with E-state index >= 15 is 0 Å². The van der Waals surface area contributed by atoms with Gasteiger partial charge in [0, 0.05) is 24.6 Å². The van der Waals surface area contributed by atoms with E-state index in [1.165, 1.54) is 25.1 Å². The number of nitrogens with zero attached hydrogens (tertiary/aromatic N) is 1. The van der Waals surface area contributed by atoms with Crippen molar-refractivity contribution in [3.8, 4) is 0 Å². The molecule has 1 amide bonds. The van der Waals surface area contributed by atoms with Crippen LogP contribution in [0.2, 0.25) is 0 Å². The van der Waals surface area contributed by atoms with Gasteiger partial charge in [0.2, 0.25) is 5.91 Å². The highest BCUT2D eigenvalue weighted by atomic mass is 19.4. The lowest BCUT2D eigenvalue weighted by molar-refractivity contribution is -0.143. The molecule has 0 bridgehead atoms. The zero-order valence-corrected chi connectivity index (χ0v) is 21.1. The molecule has 1 saturated heterocycles. The van der Waals surface area contributed by atoms with Crippen molar-refractivity contribution in [2.24, 2.45) is 0 Å². The summed E-state index contributed by atoms with van der Waals surface area (Å²) in [5.41, 5.74) is -0.861. The van der Waals surface area contributed by atoms with Gasteiger partial charge < -0.3 is 9.64 Å². The summed E-state index contributed by atoms with van der Waals surface area (Å²) >= 11 is 0. The van der Waals surface area contributed by atoms with Crippen LogP contribution in [-0.4, -0.2) is 29.5 Å². The Kier molecular flexibility index (Phi) is 7.24. The normalized spacial score (nSPS) is 22.2. The van der Waals surface area contributed by atoms with E-state index in [0.717, 1.165) is 11.1 Å². The van der Waals surface area contributed by atoms with E-state index in [0.29, 0.717) is 24.1 Å². The van der Waals surface area contributed by atoms with E-state index < -0.39 is 53.5 Å². The van der Waals surface area contributed by atoms with E-state index in [9.17, 15) is 35.5 Å². The second-order valence-electron chi connectivity index (χ2n) is 10.0. The molecule has 1 fully saturated rings. The van der Waals surface area contributed by atoms with Crippen LogP contribution < -0.4 is 0 Å². The van der Waals surface area contributed by atoms with Gasteiger partial charge in [-0.1, -0.05) is 42.5 Å². The average Bonchev–Trinajstić information content (AvgIpc) is 3.26. The molecule has 0 N–H and O–H groups in total. The maximum Gasteiger partial charge on any atom is 0.416 e. The third-order valence-electron chi connectivity index (χ3n) is 7.46. The smallest absolute Gasteiger partial charge is 0.368 e. The Balaban J connectivity index is 1.49. The maximum atomic E-state index is 13.8. The lowest BCUT2D eigenvalue weighted by Gasteiger charge is -2.33. The fraction of sp³-hybridized carbons (Fsp3) is 0.300. The van der Waals surface area contributed by atoms with E-state index in [4.69, 9.17) is 4.74 Å². The summed E-state index contributed by atoms with van der Waals surface area (Å²) in [4.78, 5) is 14.8. The summed E-state index contributed by atoms with van der Waals surface area (Å²) in [6.45, 7) is 1.45. The zero-order valence-electron chi connectivity index (χ0n) is 21.1. The molecule has 0 aliphatic carbocycles. The first-order valence-electron chi connectivity index (χ1n) is 12.6. The minimum absolute atomic E-state index is 0.0690. The summed E-state index contributed by atoms with van der Waals surface area (Å²) in [5, 5.41) is 0. The number of amides is 1. The minimum atomic E-state index is -4.99. The fourth-order valence-electron chi connectivity index (χ4n) is 5.55. The number of hydrogen-bond acceptors (Lipinski definition) is 2. The first-order valence-corrected chi connectivity index (χ1v) is 12.6. The monoisotopic (exact) mass is 563 g/mol. The van der Waals surface area contributed by atoms with Crippen molar-refractivity contribution < 1.29 is 40.3 Å². The number of ether oxygens (including phenoxy) is 1. The van der Waals surface area contributed by atoms with Gasteiger partial charge >= 0.3 is 12.4 Å². The van der Waals surface area contributed by atoms with Crippen molar-refractivity contribution >= 4 is 11.5 Å². The molecule has 0 saturated carbocycles. The summed E-state index contributed by atoms with van der Waals surface area (Å²) in [7, 11) is 0. The molecule has 0 unspecified atom stereocenters. The van der Waals surface area contributed by atoms with Crippen LogP contribution in [0.15, 0.2) is 78.9 Å². The number of alkyl halides is 6. The molecule has 2 heterocycles. The molecule has 210 valence electrons. The molecular weight excluding hydrogens is 539 g/mol. The second-order valence-corrected chi connectivity index (χ2v) is 10.0. The molecular formula is C30H24F7NO2. The number of halogens is 7. The van der Waals surface area contributed by atoms with Crippen LogP contribution in [0, 0.1) is 5.82 Å². The number of fused-ring (bicyclic) bond motifs is 1. The van der Waals surface area contributed by atoms with Crippen molar-refractivity contribution in [3.05, 3.63) is 113 Å². The van der Waals surface area contributed by atoms with Crippen LogP contribution in [0.25, 0.3) is 5.57 Å². The van der Waals surface area contributed by atoms with Crippen molar-refractivity contribution in [3.63, 3.8) is 0 Å². The largest absolute Gasteiger partial charge is 0.416 e. The highest BCUT2D eigenvalue weighted by Gasteiger charge is 2.48. The van der Waals surface area contributed by atoms with Gasteiger partial charge in [-0.2, -0.15) is 26.3 Å². The minimum Gasteiger partial charge on any atom is -0.368 e. The molecule has 4 atom stereocenters. The highest BCUT2D eigenvalue weighted by Crippen LogP contribution is 2.45. The van der Waals surface area contributed by atoms with Crippen LogP contribution >= 0.6 is 0 Å². The SMILES string of the molecule is C[C@@H](O[C@H]1CN2C(=O)C=C(c3ccccc3)C[C@H]2[C@@H]1c1ccc(F)cc1)c1cc(C(F)(F)F)cc(C(F)(F)F)c1. The van der Waals surface area contributed by atoms with Gasteiger partial charge in [0.05, 0.1) is 23.3 Å². The topological polar surface area (TPSA) is 29.5 Å². The molecule has 3 nitrogen and oxygen atoms in total. The first kappa shape index (κ1) is 27.9. The molecule has 0 aromatic heterocycles. The van der Waals surface area contributed by atoms with Crippen molar-refractivity contribution in [2.45, 2.75) is 49.9 Å². The van der Waals surface area contributed by atoms with E-state index in [2.05, 4.69) is 0 Å². The third kappa shape index (κ3) is 5.63. The molecule has 2 aliphatic heterocycles. The van der Waals surface area contributed by atoms with E-state index in [1.54, 1.807) is 17.0 Å². The predicted molar refractivity (Wildman–Crippen MR) is 133 cm³/mol. The Bertz CT molecular complexity index is 1380. The molecule has 3 aromatic carbocycles. The Morgan fingerprint density at radius 2 is 1.48 bits per heavy atom. The third-order valence-corrected chi connectivity index (χ3v) is 7.46. The molecule has 10 heteroatoms. The quantitative estimate of drug-likeness (QED) is 0.297. The molecule has 40 heavy (non-hydrogen) atoms. The standard InChI is InChI=1S/C30H24F7NO2/c1-17(20-11-22(29(32,33)34)15-23(12-20)30(35,36)37)40-26-16-38-25(28(26)19-7-9-24(31)10-8-19)13-21(14-27(38)39)18-5-3-2-4-6-18/h2-12,14-15,17,25-26,28H,13,16H2,1H3/t17-,25+,26+,28+/m1/s1. The molecule has 0 radical (unpaired) electrons. The van der Waals surface area contributed by atoms with Gasteiger partial charge in [0.25, 0.3) is 0 Å². The summed E-state index contributed by atoms with van der Waals surface area (Å²) in [6, 6.07) is 15.9. The lowest BCUT2D eigenvalue weighted by atomic mass is 9.83.